The number of likely N-dealkylation sites (N-methyl/N-ethyl adjacent to an activating group) is 1. The second kappa shape index (κ2) is 7.51. The molecular weight excluding hydrogens is 462 g/mol. The maximum Gasteiger partial charge on any atom is 0.105 e. The highest BCUT2D eigenvalue weighted by Gasteiger charge is 2.74. The number of benzene rings is 1. The summed E-state index contributed by atoms with van der Waals surface area (Å²) in [6.07, 6.45) is 9.02. The molecule has 2 saturated carbocycles. The maximum atomic E-state index is 11.3. The molecule has 7 rings (SSSR count). The number of hydrogen-bond donors (Lipinski definition) is 2. The highest BCUT2D eigenvalue weighted by atomic mass is 16.5. The van der Waals surface area contributed by atoms with Crippen molar-refractivity contribution in [1.29, 1.82) is 5.26 Å². The summed E-state index contributed by atoms with van der Waals surface area (Å²) in [5.74, 6) is 0.173. The normalized spacial score (nSPS) is 44.0. The minimum Gasteiger partial charge on any atom is -0.388 e. The third-order valence-corrected chi connectivity index (χ3v) is 10.9. The molecule has 5 aliphatic rings. The molecule has 192 valence electrons. The molecule has 8 atom stereocenters. The molecule has 6 heteroatoms. The number of ether oxygens (including phenoxy) is 1. The van der Waals surface area contributed by atoms with Gasteiger partial charge in [-0.3, -0.25) is 4.98 Å². The zero-order chi connectivity index (χ0) is 25.8. The van der Waals surface area contributed by atoms with Gasteiger partial charge in [-0.25, -0.2) is 0 Å². The average molecular weight is 498 g/mol. The van der Waals surface area contributed by atoms with Gasteiger partial charge in [0.1, 0.15) is 11.5 Å². The number of allylic oxidation sites excluding steroid dienone is 2. The van der Waals surface area contributed by atoms with Crippen LogP contribution in [-0.4, -0.2) is 63.6 Å². The van der Waals surface area contributed by atoms with E-state index in [1.165, 1.54) is 11.1 Å². The molecule has 3 fully saturated rings. The Balaban J connectivity index is 1.32. The predicted octanol–water partition coefficient (Wildman–Crippen LogP) is 4.23. The van der Waals surface area contributed by atoms with Crippen LogP contribution in [0.1, 0.15) is 51.0 Å². The third kappa shape index (κ3) is 2.81. The van der Waals surface area contributed by atoms with E-state index in [9.17, 15) is 15.5 Å². The summed E-state index contributed by atoms with van der Waals surface area (Å²) in [5.41, 5.74) is 2.19. The Morgan fingerprint density at radius 1 is 1.14 bits per heavy atom. The fourth-order valence-electron chi connectivity index (χ4n) is 8.93. The van der Waals surface area contributed by atoms with Gasteiger partial charge in [0, 0.05) is 23.5 Å². The molecule has 6 nitrogen and oxygen atoms in total. The quantitative estimate of drug-likeness (QED) is 0.604. The monoisotopic (exact) mass is 497 g/mol. The van der Waals surface area contributed by atoms with Crippen LogP contribution in [0.25, 0.3) is 16.5 Å². The Morgan fingerprint density at radius 2 is 1.97 bits per heavy atom. The van der Waals surface area contributed by atoms with E-state index in [0.717, 1.165) is 42.2 Å². The Morgan fingerprint density at radius 3 is 2.76 bits per heavy atom. The van der Waals surface area contributed by atoms with Gasteiger partial charge in [0.25, 0.3) is 0 Å². The molecule has 3 aliphatic carbocycles. The lowest BCUT2D eigenvalue weighted by atomic mass is 9.49. The number of nitrogens with zero attached hydrogens (tertiary/aromatic N) is 3. The van der Waals surface area contributed by atoms with E-state index in [1.54, 1.807) is 0 Å². The smallest absolute Gasteiger partial charge is 0.105 e. The fraction of sp³-hybridized carbons (Fsp3) is 0.548. The van der Waals surface area contributed by atoms with Crippen LogP contribution >= 0.6 is 0 Å². The number of aromatic nitrogens is 1. The molecule has 0 radical (unpaired) electrons. The van der Waals surface area contributed by atoms with Crippen molar-refractivity contribution in [1.82, 2.24) is 9.88 Å². The van der Waals surface area contributed by atoms with Crippen LogP contribution < -0.4 is 0 Å². The summed E-state index contributed by atoms with van der Waals surface area (Å²) in [5, 5.41) is 34.1. The first-order valence-electron chi connectivity index (χ1n) is 13.6. The lowest BCUT2D eigenvalue weighted by molar-refractivity contribution is -0.223. The SMILES string of the molecule is CN(C)C1CC23CCC4(O2)C2CC=C(c5ccc6ncccc6c5)C2(C)CCC4(C#N)C=C3C(O)C1O. The third-order valence-electron chi connectivity index (χ3n) is 10.9. The standard InChI is InChI=1S/C31H35N3O3/c1-28-10-11-29(18-32)16-22-26(35)27(36)24(34(2)3)17-30(22)12-13-31(29,37-30)25(28)9-7-21(28)19-6-8-23-20(15-19)5-4-14-33-23/h4-8,14-16,24-27,35-36H,9-13,17H2,1-3H3. The molecule has 2 N–H and O–H groups in total. The van der Waals surface area contributed by atoms with Gasteiger partial charge in [-0.15, -0.1) is 0 Å². The van der Waals surface area contributed by atoms with Gasteiger partial charge in [-0.2, -0.15) is 5.26 Å². The van der Waals surface area contributed by atoms with Gasteiger partial charge in [0.05, 0.1) is 28.9 Å². The summed E-state index contributed by atoms with van der Waals surface area (Å²) in [7, 11) is 3.89. The summed E-state index contributed by atoms with van der Waals surface area (Å²) in [4.78, 5) is 6.49. The number of hydrogen-bond acceptors (Lipinski definition) is 6. The minimum atomic E-state index is -1.01. The van der Waals surface area contributed by atoms with Crippen LogP contribution in [0.3, 0.4) is 0 Å². The first-order valence-corrected chi connectivity index (χ1v) is 13.6. The predicted molar refractivity (Wildman–Crippen MR) is 141 cm³/mol. The van der Waals surface area contributed by atoms with Gasteiger partial charge >= 0.3 is 0 Å². The Hall–Kier alpha value is -2.56. The van der Waals surface area contributed by atoms with Gasteiger partial charge in [-0.1, -0.05) is 31.2 Å². The molecule has 37 heavy (non-hydrogen) atoms. The summed E-state index contributed by atoms with van der Waals surface area (Å²) in [6.45, 7) is 2.37. The lowest BCUT2D eigenvalue weighted by Gasteiger charge is -2.61. The zero-order valence-electron chi connectivity index (χ0n) is 21.8. The van der Waals surface area contributed by atoms with Gasteiger partial charge in [0.2, 0.25) is 0 Å². The molecule has 8 unspecified atom stereocenters. The molecule has 1 aromatic heterocycles. The van der Waals surface area contributed by atoms with Gasteiger partial charge < -0.3 is 19.8 Å². The molecule has 2 aromatic rings. The van der Waals surface area contributed by atoms with E-state index >= 15 is 0 Å². The van der Waals surface area contributed by atoms with Crippen LogP contribution in [-0.2, 0) is 4.74 Å². The largest absolute Gasteiger partial charge is 0.388 e. The van der Waals surface area contributed by atoms with Crippen molar-refractivity contribution in [3.8, 4) is 6.07 Å². The van der Waals surface area contributed by atoms with E-state index in [2.05, 4.69) is 54.4 Å². The molecule has 1 saturated heterocycles. The zero-order valence-corrected chi connectivity index (χ0v) is 21.8. The van der Waals surface area contributed by atoms with E-state index < -0.39 is 28.8 Å². The number of aliphatic hydroxyl groups excluding tert-OH is 2. The Kier molecular flexibility index (Phi) is 4.78. The van der Waals surface area contributed by atoms with Gasteiger partial charge in [-0.05, 0) is 92.9 Å². The van der Waals surface area contributed by atoms with Crippen LogP contribution in [0.5, 0.6) is 0 Å². The first-order chi connectivity index (χ1) is 17.7. The Labute approximate surface area is 218 Å². The second-order valence-corrected chi connectivity index (χ2v) is 12.6. The molecule has 0 amide bonds. The molecular formula is C31H35N3O3. The molecule has 1 aromatic carbocycles. The fourth-order valence-corrected chi connectivity index (χ4v) is 8.93. The number of pyridine rings is 1. The lowest BCUT2D eigenvalue weighted by Crippen LogP contribution is -2.66. The molecule has 3 heterocycles. The number of nitriles is 1. The van der Waals surface area contributed by atoms with Crippen molar-refractivity contribution in [3.05, 3.63) is 59.8 Å². The van der Waals surface area contributed by atoms with Crippen LogP contribution in [0.4, 0.5) is 0 Å². The van der Waals surface area contributed by atoms with Gasteiger partial charge in [0.15, 0.2) is 0 Å². The number of rotatable bonds is 2. The van der Waals surface area contributed by atoms with Crippen LogP contribution in [0.15, 0.2) is 54.3 Å². The molecule has 2 bridgehead atoms. The van der Waals surface area contributed by atoms with E-state index in [4.69, 9.17) is 4.74 Å². The van der Waals surface area contributed by atoms with E-state index in [1.807, 2.05) is 31.3 Å². The van der Waals surface area contributed by atoms with Crippen LogP contribution in [0, 0.1) is 28.1 Å². The van der Waals surface area contributed by atoms with Crippen molar-refractivity contribution >= 4 is 16.5 Å². The van der Waals surface area contributed by atoms with Crippen molar-refractivity contribution in [2.24, 2.45) is 16.7 Å². The van der Waals surface area contributed by atoms with E-state index in [-0.39, 0.29) is 17.4 Å². The maximum absolute atomic E-state index is 11.3. The Bertz CT molecular complexity index is 1410. The first kappa shape index (κ1) is 23.5. The summed E-state index contributed by atoms with van der Waals surface area (Å²) >= 11 is 0. The summed E-state index contributed by atoms with van der Waals surface area (Å²) in [6, 6.07) is 13.2. The highest BCUT2D eigenvalue weighted by molar-refractivity contribution is 5.85. The van der Waals surface area contributed by atoms with E-state index in [0.29, 0.717) is 12.8 Å². The second-order valence-electron chi connectivity index (χ2n) is 12.6. The number of aliphatic hydroxyl groups is 2. The van der Waals surface area contributed by atoms with Crippen molar-refractivity contribution in [2.75, 3.05) is 14.1 Å². The topological polar surface area (TPSA) is 89.6 Å². The van der Waals surface area contributed by atoms with Crippen molar-refractivity contribution in [3.63, 3.8) is 0 Å². The van der Waals surface area contributed by atoms with Crippen molar-refractivity contribution < 1.29 is 14.9 Å². The number of fused-ring (bicyclic) bond motifs is 2. The summed E-state index contributed by atoms with van der Waals surface area (Å²) < 4.78 is 7.28. The van der Waals surface area contributed by atoms with Crippen LogP contribution in [0.2, 0.25) is 0 Å². The minimum absolute atomic E-state index is 0.110. The molecule has 2 spiro atoms. The average Bonchev–Trinajstić information content (AvgIpc) is 3.42. The van der Waals surface area contributed by atoms with Crippen molar-refractivity contribution in [2.45, 2.75) is 74.9 Å². The highest BCUT2D eigenvalue weighted by Crippen LogP contribution is 2.72. The molecule has 2 aliphatic heterocycles.